The Bertz CT molecular complexity index is 959. The Labute approximate surface area is 195 Å². The van der Waals surface area contributed by atoms with E-state index >= 15 is 0 Å². The molecule has 174 valence electrons. The van der Waals surface area contributed by atoms with Gasteiger partial charge in [0.05, 0.1) is 19.3 Å². The van der Waals surface area contributed by atoms with Gasteiger partial charge >= 0.3 is 5.97 Å². The van der Waals surface area contributed by atoms with Crippen molar-refractivity contribution in [1.29, 1.82) is 0 Å². The van der Waals surface area contributed by atoms with Gasteiger partial charge in [-0.3, -0.25) is 4.79 Å². The molecule has 1 N–H and O–H groups in total. The lowest BCUT2D eigenvalue weighted by atomic mass is 9.69. The molecule has 0 radical (unpaired) electrons. The largest absolute Gasteiger partial charge is 0.493 e. The lowest BCUT2D eigenvalue weighted by Gasteiger charge is -2.36. The fourth-order valence-corrected chi connectivity index (χ4v) is 5.40. The van der Waals surface area contributed by atoms with Crippen LogP contribution >= 0.6 is 11.3 Å². The van der Waals surface area contributed by atoms with Gasteiger partial charge in [-0.2, -0.15) is 0 Å². The second-order valence-electron chi connectivity index (χ2n) is 9.66. The number of amides is 1. The number of anilines is 1. The van der Waals surface area contributed by atoms with Crippen molar-refractivity contribution in [1.82, 2.24) is 0 Å². The summed E-state index contributed by atoms with van der Waals surface area (Å²) in [7, 11) is 1.39. The summed E-state index contributed by atoms with van der Waals surface area (Å²) in [6.45, 7) is 11.7. The van der Waals surface area contributed by atoms with Crippen LogP contribution < -0.4 is 10.1 Å². The molecule has 1 aliphatic carbocycles. The van der Waals surface area contributed by atoms with Crippen molar-refractivity contribution < 1.29 is 19.1 Å². The maximum absolute atomic E-state index is 12.9. The van der Waals surface area contributed by atoms with Gasteiger partial charge in [-0.25, -0.2) is 4.79 Å². The number of fused-ring (bicyclic) bond motifs is 1. The Morgan fingerprint density at radius 1 is 1.22 bits per heavy atom. The number of nitrogens with one attached hydrogen (secondary N) is 1. The molecule has 1 aliphatic rings. The number of benzene rings is 1. The standard InChI is InChI=1S/C26H35NO4S/c1-7-26(4,5)18-10-13-20-21(14-18)32-24(22(20)25(29)30-6)27-23(28)17-8-11-19(12-9-17)31-15-16(2)3/h8-9,11-12,16,18H,7,10,13-15H2,1-6H3,(H,27,28)/t18-/m1/s1. The van der Waals surface area contributed by atoms with E-state index in [4.69, 9.17) is 9.47 Å². The van der Waals surface area contributed by atoms with E-state index in [0.717, 1.165) is 37.0 Å². The van der Waals surface area contributed by atoms with Gasteiger partial charge in [-0.05, 0) is 66.3 Å². The first-order valence-electron chi connectivity index (χ1n) is 11.4. The summed E-state index contributed by atoms with van der Waals surface area (Å²) in [6.07, 6.45) is 3.92. The van der Waals surface area contributed by atoms with Crippen LogP contribution in [0, 0.1) is 17.3 Å². The quantitative estimate of drug-likeness (QED) is 0.468. The highest BCUT2D eigenvalue weighted by Gasteiger charge is 2.35. The molecule has 1 heterocycles. The summed E-state index contributed by atoms with van der Waals surface area (Å²) in [4.78, 5) is 26.7. The van der Waals surface area contributed by atoms with E-state index in [1.54, 1.807) is 24.3 Å². The first-order chi connectivity index (χ1) is 15.2. The van der Waals surface area contributed by atoms with Gasteiger partial charge < -0.3 is 14.8 Å². The van der Waals surface area contributed by atoms with Crippen LogP contribution in [-0.4, -0.2) is 25.6 Å². The molecule has 0 saturated heterocycles. The van der Waals surface area contributed by atoms with Crippen molar-refractivity contribution in [3.05, 3.63) is 45.8 Å². The summed E-state index contributed by atoms with van der Waals surface area (Å²) in [5.41, 5.74) is 2.33. The van der Waals surface area contributed by atoms with Crippen LogP contribution in [-0.2, 0) is 17.6 Å². The molecule has 0 aliphatic heterocycles. The number of hydrogen-bond acceptors (Lipinski definition) is 5. The molecule has 32 heavy (non-hydrogen) atoms. The number of rotatable bonds is 8. The predicted molar refractivity (Wildman–Crippen MR) is 130 cm³/mol. The molecule has 0 spiro atoms. The number of carbonyl (C=O) groups is 2. The second-order valence-corrected chi connectivity index (χ2v) is 10.8. The molecular formula is C26H35NO4S. The van der Waals surface area contributed by atoms with E-state index in [1.165, 1.54) is 23.3 Å². The normalized spacial score (nSPS) is 15.9. The maximum Gasteiger partial charge on any atom is 0.341 e. The fraction of sp³-hybridized carbons (Fsp3) is 0.538. The summed E-state index contributed by atoms with van der Waals surface area (Å²) in [5.74, 6) is 1.10. The van der Waals surface area contributed by atoms with E-state index < -0.39 is 0 Å². The predicted octanol–water partition coefficient (Wildman–Crippen LogP) is 6.36. The molecule has 6 heteroatoms. The van der Waals surface area contributed by atoms with Crippen LogP contribution in [0.3, 0.4) is 0 Å². The molecule has 1 aromatic heterocycles. The minimum absolute atomic E-state index is 0.241. The van der Waals surface area contributed by atoms with Crippen LogP contribution in [0.2, 0.25) is 0 Å². The summed E-state index contributed by atoms with van der Waals surface area (Å²) in [6, 6.07) is 7.09. The van der Waals surface area contributed by atoms with Crippen LogP contribution in [0.5, 0.6) is 5.75 Å². The van der Waals surface area contributed by atoms with Crippen molar-refractivity contribution >= 4 is 28.2 Å². The van der Waals surface area contributed by atoms with E-state index in [0.29, 0.717) is 34.6 Å². The van der Waals surface area contributed by atoms with E-state index in [1.807, 2.05) is 0 Å². The van der Waals surface area contributed by atoms with E-state index in [-0.39, 0.29) is 17.3 Å². The second kappa shape index (κ2) is 10.1. The van der Waals surface area contributed by atoms with E-state index in [9.17, 15) is 9.59 Å². The molecule has 5 nitrogen and oxygen atoms in total. The van der Waals surface area contributed by atoms with Crippen LogP contribution in [0.1, 0.15) is 78.6 Å². The molecule has 1 atom stereocenters. The molecule has 0 unspecified atom stereocenters. The zero-order chi connectivity index (χ0) is 23.5. The lowest BCUT2D eigenvalue weighted by Crippen LogP contribution is -2.28. The highest BCUT2D eigenvalue weighted by molar-refractivity contribution is 7.17. The van der Waals surface area contributed by atoms with Gasteiger partial charge in [0.1, 0.15) is 10.8 Å². The number of hydrogen-bond donors (Lipinski definition) is 1. The van der Waals surface area contributed by atoms with Crippen molar-refractivity contribution in [3.63, 3.8) is 0 Å². The summed E-state index contributed by atoms with van der Waals surface area (Å²) >= 11 is 1.52. The zero-order valence-corrected chi connectivity index (χ0v) is 20.9. The Hall–Kier alpha value is -2.34. The number of thiophene rings is 1. The Balaban J connectivity index is 1.82. The molecule has 0 fully saturated rings. The minimum atomic E-state index is -0.386. The van der Waals surface area contributed by atoms with Crippen molar-refractivity contribution in [2.45, 2.75) is 60.3 Å². The van der Waals surface area contributed by atoms with Crippen molar-refractivity contribution in [2.24, 2.45) is 17.3 Å². The van der Waals surface area contributed by atoms with Gasteiger partial charge in [0.15, 0.2) is 0 Å². The average molecular weight is 458 g/mol. The van der Waals surface area contributed by atoms with Gasteiger partial charge in [0.2, 0.25) is 0 Å². The SMILES string of the molecule is CCC(C)(C)[C@@H]1CCc2c(sc(NC(=O)c3ccc(OCC(C)C)cc3)c2C(=O)OC)C1. The number of ether oxygens (including phenoxy) is 2. The van der Waals surface area contributed by atoms with Crippen molar-refractivity contribution in [3.8, 4) is 5.75 Å². The monoisotopic (exact) mass is 457 g/mol. The third kappa shape index (κ3) is 5.34. The summed E-state index contributed by atoms with van der Waals surface area (Å²) < 4.78 is 10.8. The molecule has 2 aromatic rings. The van der Waals surface area contributed by atoms with Crippen LogP contribution in [0.15, 0.2) is 24.3 Å². The van der Waals surface area contributed by atoms with Gasteiger partial charge in [0, 0.05) is 10.4 Å². The summed E-state index contributed by atoms with van der Waals surface area (Å²) in [5, 5.41) is 3.56. The number of carbonyl (C=O) groups excluding carboxylic acids is 2. The first kappa shape index (κ1) is 24.3. The molecule has 3 rings (SSSR count). The molecular weight excluding hydrogens is 422 g/mol. The van der Waals surface area contributed by atoms with E-state index in [2.05, 4.69) is 39.9 Å². The number of esters is 1. The average Bonchev–Trinajstić information content (AvgIpc) is 3.14. The smallest absolute Gasteiger partial charge is 0.341 e. The van der Waals surface area contributed by atoms with Crippen LogP contribution in [0.4, 0.5) is 5.00 Å². The maximum atomic E-state index is 12.9. The third-order valence-electron chi connectivity index (χ3n) is 6.60. The Morgan fingerprint density at radius 3 is 2.50 bits per heavy atom. The van der Waals surface area contributed by atoms with Gasteiger partial charge in [-0.15, -0.1) is 11.3 Å². The zero-order valence-electron chi connectivity index (χ0n) is 20.0. The van der Waals surface area contributed by atoms with Crippen molar-refractivity contribution in [2.75, 3.05) is 19.0 Å². The molecule has 1 amide bonds. The fourth-order valence-electron chi connectivity index (χ4n) is 4.09. The Morgan fingerprint density at radius 2 is 1.91 bits per heavy atom. The van der Waals surface area contributed by atoms with Gasteiger partial charge in [-0.1, -0.05) is 41.0 Å². The first-order valence-corrected chi connectivity index (χ1v) is 12.2. The topological polar surface area (TPSA) is 64.6 Å². The minimum Gasteiger partial charge on any atom is -0.493 e. The molecule has 0 saturated carbocycles. The third-order valence-corrected chi connectivity index (χ3v) is 7.77. The molecule has 1 aromatic carbocycles. The highest BCUT2D eigenvalue weighted by atomic mass is 32.1. The lowest BCUT2D eigenvalue weighted by molar-refractivity contribution is 0.0600. The molecule has 0 bridgehead atoms. The number of methoxy groups -OCH3 is 1. The highest BCUT2D eigenvalue weighted by Crippen LogP contribution is 2.45. The van der Waals surface area contributed by atoms with Gasteiger partial charge in [0.25, 0.3) is 5.91 Å². The van der Waals surface area contributed by atoms with Crippen LogP contribution in [0.25, 0.3) is 0 Å². The Kier molecular flexibility index (Phi) is 7.65.